The van der Waals surface area contributed by atoms with Crippen molar-refractivity contribution in [1.82, 2.24) is 4.57 Å². The second-order valence-electron chi connectivity index (χ2n) is 7.53. The van der Waals surface area contributed by atoms with Gasteiger partial charge in [0.25, 0.3) is 0 Å². The molecule has 1 aliphatic carbocycles. The Balaban J connectivity index is 2.11. The molecule has 110 valence electrons. The van der Waals surface area contributed by atoms with Gasteiger partial charge in [-0.25, -0.2) is 0 Å². The van der Waals surface area contributed by atoms with Crippen LogP contribution >= 0.6 is 0 Å². The third kappa shape index (κ3) is 2.12. The van der Waals surface area contributed by atoms with E-state index in [4.69, 9.17) is 4.74 Å². The average molecular weight is 275 g/mol. The third-order valence-corrected chi connectivity index (χ3v) is 4.98. The van der Waals surface area contributed by atoms with E-state index in [0.29, 0.717) is 12.2 Å². The summed E-state index contributed by atoms with van der Waals surface area (Å²) in [4.78, 5) is 12.4. The van der Waals surface area contributed by atoms with Crippen molar-refractivity contribution in [2.75, 3.05) is 13.2 Å². The van der Waals surface area contributed by atoms with E-state index in [1.807, 2.05) is 0 Å². The Labute approximate surface area is 121 Å². The number of rotatable bonds is 1. The number of aromatic nitrogens is 1. The molecule has 1 aliphatic heterocycles. The van der Waals surface area contributed by atoms with Crippen LogP contribution in [0.15, 0.2) is 6.07 Å². The summed E-state index contributed by atoms with van der Waals surface area (Å²) in [5, 5.41) is 0. The predicted octanol–water partition coefficient (Wildman–Crippen LogP) is 3.48. The van der Waals surface area contributed by atoms with Gasteiger partial charge in [-0.1, -0.05) is 13.8 Å². The van der Waals surface area contributed by atoms with Gasteiger partial charge in [0.1, 0.15) is 0 Å². The second-order valence-corrected chi connectivity index (χ2v) is 7.53. The molecule has 1 fully saturated rings. The van der Waals surface area contributed by atoms with E-state index in [1.165, 1.54) is 11.4 Å². The smallest absolute Gasteiger partial charge is 0.165 e. The molecule has 0 N–H and O–H groups in total. The number of carbonyl (C=O) groups excluding carboxylic acids is 1. The van der Waals surface area contributed by atoms with Crippen LogP contribution in [0.2, 0.25) is 0 Å². The van der Waals surface area contributed by atoms with Crippen molar-refractivity contribution in [3.63, 3.8) is 0 Å². The molecule has 0 bridgehead atoms. The summed E-state index contributed by atoms with van der Waals surface area (Å²) >= 11 is 0. The molecule has 3 nitrogen and oxygen atoms in total. The summed E-state index contributed by atoms with van der Waals surface area (Å²) in [6, 6.07) is 2.10. The first-order chi connectivity index (χ1) is 9.32. The van der Waals surface area contributed by atoms with Crippen molar-refractivity contribution in [3.05, 3.63) is 23.0 Å². The van der Waals surface area contributed by atoms with Crippen molar-refractivity contribution in [3.8, 4) is 0 Å². The topological polar surface area (TPSA) is 31.2 Å². The highest BCUT2D eigenvalue weighted by atomic mass is 16.5. The van der Waals surface area contributed by atoms with Crippen LogP contribution in [0.3, 0.4) is 0 Å². The van der Waals surface area contributed by atoms with Crippen LogP contribution in [0.1, 0.15) is 61.8 Å². The number of Topliss-reactive ketones (excluding diaryl/α,β-unsaturated/α-hetero) is 1. The number of ketones is 1. The van der Waals surface area contributed by atoms with Crippen molar-refractivity contribution in [1.29, 1.82) is 0 Å². The number of carbonyl (C=O) groups is 1. The van der Waals surface area contributed by atoms with E-state index in [0.717, 1.165) is 38.0 Å². The molecule has 3 rings (SSSR count). The molecule has 2 aliphatic rings. The molecule has 0 spiro atoms. The molecule has 0 unspecified atom stereocenters. The molecule has 0 aromatic carbocycles. The second kappa shape index (κ2) is 4.45. The van der Waals surface area contributed by atoms with Crippen molar-refractivity contribution in [2.45, 2.75) is 58.9 Å². The van der Waals surface area contributed by atoms with Gasteiger partial charge in [-0.15, -0.1) is 0 Å². The highest BCUT2D eigenvalue weighted by Gasteiger charge is 2.39. The van der Waals surface area contributed by atoms with Gasteiger partial charge in [0.05, 0.1) is 0 Å². The Morgan fingerprint density at radius 3 is 2.45 bits per heavy atom. The fourth-order valence-electron chi connectivity index (χ4n) is 3.94. The number of hydrogen-bond donors (Lipinski definition) is 0. The van der Waals surface area contributed by atoms with E-state index >= 15 is 0 Å². The molecule has 1 aromatic rings. The first-order valence-electron chi connectivity index (χ1n) is 7.65. The summed E-state index contributed by atoms with van der Waals surface area (Å²) in [5.74, 6) is 0.314. The Hall–Kier alpha value is -1.09. The van der Waals surface area contributed by atoms with E-state index in [2.05, 4.69) is 38.3 Å². The minimum absolute atomic E-state index is 0.0775. The monoisotopic (exact) mass is 275 g/mol. The van der Waals surface area contributed by atoms with Gasteiger partial charge in [-0.05, 0) is 44.6 Å². The summed E-state index contributed by atoms with van der Waals surface area (Å²) in [5.41, 5.74) is 3.63. The maximum absolute atomic E-state index is 12.4. The molecule has 0 radical (unpaired) electrons. The number of aryl methyl sites for hydroxylation is 1. The van der Waals surface area contributed by atoms with Crippen LogP contribution in [0.25, 0.3) is 0 Å². The molecule has 0 saturated carbocycles. The summed E-state index contributed by atoms with van der Waals surface area (Å²) in [7, 11) is 0. The van der Waals surface area contributed by atoms with Crippen LogP contribution in [0.4, 0.5) is 0 Å². The van der Waals surface area contributed by atoms with Gasteiger partial charge in [0.2, 0.25) is 0 Å². The van der Waals surface area contributed by atoms with Crippen molar-refractivity contribution in [2.24, 2.45) is 5.41 Å². The Morgan fingerprint density at radius 2 is 1.80 bits per heavy atom. The quantitative estimate of drug-likeness (QED) is 0.785. The highest BCUT2D eigenvalue weighted by molar-refractivity contribution is 5.99. The maximum atomic E-state index is 12.4. The summed E-state index contributed by atoms with van der Waals surface area (Å²) in [6.45, 7) is 10.5. The lowest BCUT2D eigenvalue weighted by molar-refractivity contribution is 0.0270. The molecule has 0 atom stereocenters. The van der Waals surface area contributed by atoms with Gasteiger partial charge in [0, 0.05) is 42.1 Å². The minimum Gasteiger partial charge on any atom is -0.381 e. The van der Waals surface area contributed by atoms with Crippen LogP contribution in [0.5, 0.6) is 0 Å². The van der Waals surface area contributed by atoms with E-state index in [1.54, 1.807) is 0 Å². The van der Waals surface area contributed by atoms with Crippen LogP contribution in [0, 0.1) is 12.3 Å². The van der Waals surface area contributed by atoms with E-state index < -0.39 is 0 Å². The molecule has 2 heterocycles. The Bertz CT molecular complexity index is 548. The fraction of sp³-hybridized carbons (Fsp3) is 0.706. The van der Waals surface area contributed by atoms with Crippen molar-refractivity contribution < 1.29 is 9.53 Å². The summed E-state index contributed by atoms with van der Waals surface area (Å²) < 4.78 is 7.98. The van der Waals surface area contributed by atoms with Crippen LogP contribution in [-0.2, 0) is 16.7 Å². The number of fused-ring (bicyclic) bond motifs is 1. The molecular weight excluding hydrogens is 250 g/mol. The molecule has 1 aromatic heterocycles. The Kier molecular flexibility index (Phi) is 3.09. The Morgan fingerprint density at radius 1 is 1.15 bits per heavy atom. The standard InChI is InChI=1S/C17H25NO2/c1-12-9-13-14(10-16(2,3)11-15(13)19)18(12)17(4)5-7-20-8-6-17/h9H,5-8,10-11H2,1-4H3. The zero-order chi connectivity index (χ0) is 14.5. The number of ether oxygens (including phenoxy) is 1. The zero-order valence-electron chi connectivity index (χ0n) is 13.1. The molecule has 20 heavy (non-hydrogen) atoms. The van der Waals surface area contributed by atoms with Crippen molar-refractivity contribution >= 4 is 5.78 Å². The van der Waals surface area contributed by atoms with Gasteiger partial charge in [0.15, 0.2) is 5.78 Å². The zero-order valence-corrected chi connectivity index (χ0v) is 13.1. The van der Waals surface area contributed by atoms with Gasteiger partial charge >= 0.3 is 0 Å². The lowest BCUT2D eigenvalue weighted by atomic mass is 9.76. The average Bonchev–Trinajstić information content (AvgIpc) is 2.66. The summed E-state index contributed by atoms with van der Waals surface area (Å²) in [6.07, 6.45) is 3.73. The first kappa shape index (κ1) is 13.9. The molecule has 0 amide bonds. The minimum atomic E-state index is 0.0775. The predicted molar refractivity (Wildman–Crippen MR) is 79.3 cm³/mol. The van der Waals surface area contributed by atoms with Gasteiger partial charge in [-0.3, -0.25) is 4.79 Å². The van der Waals surface area contributed by atoms with E-state index in [9.17, 15) is 4.79 Å². The molecule has 3 heteroatoms. The SMILES string of the molecule is Cc1cc2c(n1C1(C)CCOCC1)CC(C)(C)CC2=O. The lowest BCUT2D eigenvalue weighted by Crippen LogP contribution is -2.40. The van der Waals surface area contributed by atoms with Crippen LogP contribution in [-0.4, -0.2) is 23.6 Å². The number of nitrogens with zero attached hydrogens (tertiary/aromatic N) is 1. The fourth-order valence-corrected chi connectivity index (χ4v) is 3.94. The molecule has 1 saturated heterocycles. The number of hydrogen-bond acceptors (Lipinski definition) is 2. The normalized spacial score (nSPS) is 24.5. The van der Waals surface area contributed by atoms with Gasteiger partial charge in [-0.2, -0.15) is 0 Å². The van der Waals surface area contributed by atoms with E-state index in [-0.39, 0.29) is 11.0 Å². The lowest BCUT2D eigenvalue weighted by Gasteiger charge is -2.40. The third-order valence-electron chi connectivity index (χ3n) is 4.98. The largest absolute Gasteiger partial charge is 0.381 e. The van der Waals surface area contributed by atoms with Gasteiger partial charge < -0.3 is 9.30 Å². The molecular formula is C17H25NO2. The first-order valence-corrected chi connectivity index (χ1v) is 7.65. The van der Waals surface area contributed by atoms with Crippen LogP contribution < -0.4 is 0 Å². The maximum Gasteiger partial charge on any atom is 0.165 e. The highest BCUT2D eigenvalue weighted by Crippen LogP contribution is 2.40.